The van der Waals surface area contributed by atoms with Gasteiger partial charge in [-0.25, -0.2) is 0 Å². The molecule has 0 radical (unpaired) electrons. The third kappa shape index (κ3) is 2.82. The number of benzene rings is 1. The van der Waals surface area contributed by atoms with Crippen LogP contribution in [0.2, 0.25) is 0 Å². The lowest BCUT2D eigenvalue weighted by atomic mass is 9.64. The summed E-state index contributed by atoms with van der Waals surface area (Å²) >= 11 is 0. The van der Waals surface area contributed by atoms with Gasteiger partial charge >= 0.3 is 0 Å². The highest BCUT2D eigenvalue weighted by atomic mass is 16.7. The third-order valence-electron chi connectivity index (χ3n) is 4.52. The Morgan fingerprint density at radius 2 is 2.05 bits per heavy atom. The zero-order valence-corrected chi connectivity index (χ0v) is 13.3. The maximum Gasteiger partial charge on any atom is 0.231 e. The Labute approximate surface area is 126 Å². The second kappa shape index (κ2) is 5.41. The summed E-state index contributed by atoms with van der Waals surface area (Å²) in [5.74, 6) is 2.23. The summed E-state index contributed by atoms with van der Waals surface area (Å²) in [7, 11) is 0. The Balaban J connectivity index is 1.59. The van der Waals surface area contributed by atoms with Crippen LogP contribution in [0.15, 0.2) is 18.2 Å². The standard InChI is InChI=1S/C17H25NO3/c1-11(2)9-19-16-8-15(17(16,3)4)18-12-5-6-13-14(7-12)21-10-20-13/h5-7,11,15-16,18H,8-10H2,1-4H3. The van der Waals surface area contributed by atoms with Crippen molar-refractivity contribution in [3.63, 3.8) is 0 Å². The molecular weight excluding hydrogens is 266 g/mol. The predicted octanol–water partition coefficient (Wildman–Crippen LogP) is 3.67. The summed E-state index contributed by atoms with van der Waals surface area (Å²) in [6.07, 6.45) is 1.39. The van der Waals surface area contributed by atoms with Crippen LogP contribution >= 0.6 is 0 Å². The van der Waals surface area contributed by atoms with Crippen molar-refractivity contribution in [3.05, 3.63) is 18.2 Å². The first-order valence-electron chi connectivity index (χ1n) is 7.74. The minimum absolute atomic E-state index is 0.144. The summed E-state index contributed by atoms with van der Waals surface area (Å²) in [5, 5.41) is 3.60. The van der Waals surface area contributed by atoms with Crippen LogP contribution in [0.1, 0.15) is 34.1 Å². The normalized spacial score (nSPS) is 25.8. The molecular formula is C17H25NO3. The Morgan fingerprint density at radius 3 is 2.76 bits per heavy atom. The molecule has 0 spiro atoms. The lowest BCUT2D eigenvalue weighted by molar-refractivity contribution is -0.108. The van der Waals surface area contributed by atoms with Crippen molar-refractivity contribution >= 4 is 5.69 Å². The molecule has 2 unspecified atom stereocenters. The molecule has 2 atom stereocenters. The Kier molecular flexibility index (Phi) is 3.74. The first-order valence-corrected chi connectivity index (χ1v) is 7.74. The van der Waals surface area contributed by atoms with Gasteiger partial charge in [-0.15, -0.1) is 0 Å². The van der Waals surface area contributed by atoms with Crippen LogP contribution in [0.25, 0.3) is 0 Å². The first-order chi connectivity index (χ1) is 9.96. The molecule has 4 heteroatoms. The molecule has 1 aromatic rings. The number of hydrogen-bond acceptors (Lipinski definition) is 4. The predicted molar refractivity (Wildman–Crippen MR) is 83.0 cm³/mol. The van der Waals surface area contributed by atoms with Gasteiger partial charge in [0.2, 0.25) is 6.79 Å². The van der Waals surface area contributed by atoms with Crippen LogP contribution in [0.4, 0.5) is 5.69 Å². The van der Waals surface area contributed by atoms with E-state index in [2.05, 4.69) is 33.0 Å². The maximum atomic E-state index is 6.01. The second-order valence-electron chi connectivity index (χ2n) is 7.04. The van der Waals surface area contributed by atoms with Crippen molar-refractivity contribution < 1.29 is 14.2 Å². The Morgan fingerprint density at radius 1 is 1.29 bits per heavy atom. The summed E-state index contributed by atoms with van der Waals surface area (Å²) in [6, 6.07) is 6.45. The molecule has 1 aliphatic carbocycles. The minimum atomic E-state index is 0.144. The molecule has 0 aromatic heterocycles. The van der Waals surface area contributed by atoms with Gasteiger partial charge in [0.05, 0.1) is 6.10 Å². The van der Waals surface area contributed by atoms with Crippen molar-refractivity contribution in [2.75, 3.05) is 18.7 Å². The van der Waals surface area contributed by atoms with Crippen LogP contribution < -0.4 is 14.8 Å². The van der Waals surface area contributed by atoms with Crippen molar-refractivity contribution in [2.24, 2.45) is 11.3 Å². The van der Waals surface area contributed by atoms with Crippen LogP contribution in [0.3, 0.4) is 0 Å². The highest BCUT2D eigenvalue weighted by molar-refractivity contribution is 5.56. The molecule has 1 fully saturated rings. The molecule has 0 amide bonds. The van der Waals surface area contributed by atoms with Gasteiger partial charge in [-0.2, -0.15) is 0 Å². The summed E-state index contributed by atoms with van der Waals surface area (Å²) in [6.45, 7) is 10.1. The molecule has 2 aliphatic rings. The van der Waals surface area contributed by atoms with Gasteiger partial charge in [0.1, 0.15) is 0 Å². The molecule has 1 saturated carbocycles. The smallest absolute Gasteiger partial charge is 0.231 e. The van der Waals surface area contributed by atoms with E-state index in [-0.39, 0.29) is 5.41 Å². The molecule has 1 N–H and O–H groups in total. The molecule has 116 valence electrons. The van der Waals surface area contributed by atoms with Crippen molar-refractivity contribution in [1.29, 1.82) is 0 Å². The van der Waals surface area contributed by atoms with E-state index in [1.54, 1.807) is 0 Å². The largest absolute Gasteiger partial charge is 0.454 e. The lowest BCUT2D eigenvalue weighted by Gasteiger charge is -2.52. The van der Waals surface area contributed by atoms with E-state index in [1.807, 2.05) is 18.2 Å². The number of ether oxygens (including phenoxy) is 3. The van der Waals surface area contributed by atoms with Crippen LogP contribution in [-0.2, 0) is 4.74 Å². The van der Waals surface area contributed by atoms with Crippen LogP contribution in [0, 0.1) is 11.3 Å². The van der Waals surface area contributed by atoms with Crippen LogP contribution in [0.5, 0.6) is 11.5 Å². The molecule has 3 rings (SSSR count). The van der Waals surface area contributed by atoms with Crippen molar-refractivity contribution in [1.82, 2.24) is 0 Å². The fraction of sp³-hybridized carbons (Fsp3) is 0.647. The SMILES string of the molecule is CC(C)COC1CC(Nc2ccc3c(c2)OCO3)C1(C)C. The number of fused-ring (bicyclic) bond motifs is 1. The van der Waals surface area contributed by atoms with Gasteiger partial charge in [0.25, 0.3) is 0 Å². The number of rotatable bonds is 5. The summed E-state index contributed by atoms with van der Waals surface area (Å²) in [5.41, 5.74) is 1.23. The van der Waals surface area contributed by atoms with Gasteiger partial charge in [0.15, 0.2) is 11.5 Å². The molecule has 1 aromatic carbocycles. The highest BCUT2D eigenvalue weighted by Crippen LogP contribution is 2.45. The monoisotopic (exact) mass is 291 g/mol. The Hall–Kier alpha value is -1.42. The fourth-order valence-electron chi connectivity index (χ4n) is 2.91. The molecule has 21 heavy (non-hydrogen) atoms. The van der Waals surface area contributed by atoms with Gasteiger partial charge in [-0.1, -0.05) is 27.7 Å². The lowest BCUT2D eigenvalue weighted by Crippen LogP contribution is -2.58. The summed E-state index contributed by atoms with van der Waals surface area (Å²) < 4.78 is 16.8. The van der Waals surface area contributed by atoms with E-state index < -0.39 is 0 Å². The molecule has 1 aliphatic heterocycles. The number of anilines is 1. The van der Waals surface area contributed by atoms with E-state index in [4.69, 9.17) is 14.2 Å². The van der Waals surface area contributed by atoms with E-state index in [0.29, 0.717) is 24.9 Å². The third-order valence-corrected chi connectivity index (χ3v) is 4.52. The van der Waals surface area contributed by atoms with E-state index in [0.717, 1.165) is 30.2 Å². The van der Waals surface area contributed by atoms with Gasteiger partial charge < -0.3 is 19.5 Å². The van der Waals surface area contributed by atoms with Gasteiger partial charge in [-0.05, 0) is 24.5 Å². The highest BCUT2D eigenvalue weighted by Gasteiger charge is 2.49. The van der Waals surface area contributed by atoms with E-state index in [9.17, 15) is 0 Å². The number of hydrogen-bond donors (Lipinski definition) is 1. The quantitative estimate of drug-likeness (QED) is 0.898. The van der Waals surface area contributed by atoms with Crippen molar-refractivity contribution in [3.8, 4) is 11.5 Å². The van der Waals surface area contributed by atoms with Gasteiger partial charge in [0, 0.05) is 29.8 Å². The number of nitrogens with one attached hydrogen (secondary N) is 1. The average molecular weight is 291 g/mol. The zero-order chi connectivity index (χ0) is 15.0. The van der Waals surface area contributed by atoms with Gasteiger partial charge in [-0.3, -0.25) is 0 Å². The first kappa shape index (κ1) is 14.5. The van der Waals surface area contributed by atoms with Crippen molar-refractivity contribution in [2.45, 2.75) is 46.3 Å². The van der Waals surface area contributed by atoms with E-state index >= 15 is 0 Å². The fourth-order valence-corrected chi connectivity index (χ4v) is 2.91. The minimum Gasteiger partial charge on any atom is -0.454 e. The topological polar surface area (TPSA) is 39.7 Å². The average Bonchev–Trinajstić information content (AvgIpc) is 2.89. The zero-order valence-electron chi connectivity index (χ0n) is 13.3. The molecule has 4 nitrogen and oxygen atoms in total. The molecule has 0 saturated heterocycles. The summed E-state index contributed by atoms with van der Waals surface area (Å²) in [4.78, 5) is 0. The Bertz CT molecular complexity index is 513. The maximum absolute atomic E-state index is 6.01. The van der Waals surface area contributed by atoms with Crippen LogP contribution in [-0.4, -0.2) is 25.5 Å². The van der Waals surface area contributed by atoms with E-state index in [1.165, 1.54) is 0 Å². The molecule has 1 heterocycles. The molecule has 0 bridgehead atoms. The second-order valence-corrected chi connectivity index (χ2v) is 7.04.